The maximum absolute atomic E-state index is 13.2. The standard InChI is InChI=1S/C34H40N6O25P4/c1-35-19-9-5-3-7-17(19)31(45)61-27-22(60-29(26(27)44)39-13-11-23(41)37-33(39)47)16-58-67(51,52)64-69(55,56)65-68(53,54)63-66(49,50)57-15-21-25(43)28(30(59-21)40-14-12-24(42)38-34(40)48)62-32(46)18-8-4-6-10-20(18)36-2/h3-14,21-22,25-30,35-36,43-44H,15-16H2,1-2H3,(H,49,50)(H,51,52)(H,53,54)(H,55,56)(H,37,41,47)(H,38,42,48)/t21-,22+,25-,26+,27+,28-,29+,30-/m0/s1. The van der Waals surface area contributed by atoms with Gasteiger partial charge in [-0.15, -0.1) is 0 Å². The zero-order valence-electron chi connectivity index (χ0n) is 35.1. The minimum absolute atomic E-state index is 0.0567. The molecule has 0 bridgehead atoms. The van der Waals surface area contributed by atoms with Gasteiger partial charge in [-0.25, -0.2) is 37.4 Å². The summed E-state index contributed by atoms with van der Waals surface area (Å²) in [5, 5.41) is 27.7. The van der Waals surface area contributed by atoms with E-state index >= 15 is 0 Å². The SMILES string of the molecule is CNc1ccccc1C(=O)O[C@H]1[C@@H](O)[C@H](n2ccc(=O)[nH]c2=O)O[C@@H]1COP(=O)(O)OP(=O)(O)OP(=O)(O)OP(=O)(O)OC[C@@H]1O[C@H](n2ccc(=O)[nH]c2=O)[C@@H](OC(=O)c2ccccc2NC)[C@H]1O. The first kappa shape index (κ1) is 53.1. The quantitative estimate of drug-likeness (QED) is 0.0398. The van der Waals surface area contributed by atoms with Gasteiger partial charge in [0.05, 0.1) is 24.3 Å². The molecule has 0 radical (unpaired) electrons. The van der Waals surface area contributed by atoms with E-state index in [1.807, 2.05) is 9.97 Å². The Kier molecular flexibility index (Phi) is 16.5. The number of anilines is 2. The molecule has 2 aliphatic heterocycles. The number of benzene rings is 2. The van der Waals surface area contributed by atoms with Gasteiger partial charge in [0, 0.05) is 50.0 Å². The number of aromatic amines is 2. The summed E-state index contributed by atoms with van der Waals surface area (Å²) in [4.78, 5) is 120. The highest BCUT2D eigenvalue weighted by atomic mass is 31.3. The number of esters is 2. The molecule has 35 heteroatoms. The second-order valence-electron chi connectivity index (χ2n) is 14.2. The molecule has 4 unspecified atom stereocenters. The van der Waals surface area contributed by atoms with Crippen LogP contribution in [0.4, 0.5) is 11.4 Å². The number of aliphatic hydroxyl groups is 2. The number of phosphoric ester groups is 2. The molecule has 2 aromatic carbocycles. The Morgan fingerprint density at radius 3 is 1.46 bits per heavy atom. The number of phosphoric acid groups is 4. The monoisotopic (exact) mass is 1060 g/mol. The van der Waals surface area contributed by atoms with E-state index in [-0.39, 0.29) is 22.5 Å². The third-order valence-electron chi connectivity index (χ3n) is 9.61. The lowest BCUT2D eigenvalue weighted by Gasteiger charge is -2.23. The lowest BCUT2D eigenvalue weighted by Crippen LogP contribution is -2.40. The fraction of sp³-hybridized carbons (Fsp3) is 0.353. The number of carbonyl (C=O) groups excluding carboxylic acids is 2. The van der Waals surface area contributed by atoms with Crippen LogP contribution in [0.15, 0.2) is 92.2 Å². The van der Waals surface area contributed by atoms with Crippen LogP contribution < -0.4 is 33.1 Å². The van der Waals surface area contributed by atoms with Gasteiger partial charge in [0.1, 0.15) is 24.4 Å². The van der Waals surface area contributed by atoms with Gasteiger partial charge in [0.2, 0.25) is 0 Å². The Balaban J connectivity index is 1.10. The van der Waals surface area contributed by atoms with E-state index in [4.69, 9.17) is 18.9 Å². The van der Waals surface area contributed by atoms with Crippen molar-refractivity contribution in [1.82, 2.24) is 19.1 Å². The maximum Gasteiger partial charge on any atom is 0.490 e. The van der Waals surface area contributed by atoms with Gasteiger partial charge in [-0.2, -0.15) is 12.9 Å². The molecule has 12 atom stereocenters. The largest absolute Gasteiger partial charge is 0.490 e. The first-order valence-electron chi connectivity index (χ1n) is 19.3. The van der Waals surface area contributed by atoms with Gasteiger partial charge in [0.15, 0.2) is 24.7 Å². The first-order chi connectivity index (χ1) is 32.3. The molecule has 10 N–H and O–H groups in total. The minimum atomic E-state index is -6.41. The smallest absolute Gasteiger partial charge is 0.453 e. The molecule has 4 heterocycles. The molecule has 6 rings (SSSR count). The summed E-state index contributed by atoms with van der Waals surface area (Å²) in [6, 6.07) is 13.4. The van der Waals surface area contributed by atoms with Gasteiger partial charge < -0.3 is 59.4 Å². The minimum Gasteiger partial charge on any atom is -0.453 e. The van der Waals surface area contributed by atoms with Crippen molar-refractivity contribution in [2.45, 2.75) is 49.1 Å². The normalized spacial score (nSPS) is 25.9. The predicted molar refractivity (Wildman–Crippen MR) is 227 cm³/mol. The topological polar surface area (TPSA) is 441 Å². The molecular formula is C34H40N6O25P4. The second kappa shape index (κ2) is 21.4. The average molecular weight is 1060 g/mol. The van der Waals surface area contributed by atoms with E-state index in [9.17, 15) is 76.8 Å². The molecule has 31 nitrogen and oxygen atoms in total. The number of ether oxygens (including phenoxy) is 4. The van der Waals surface area contributed by atoms with Crippen LogP contribution in [0, 0.1) is 0 Å². The first-order valence-corrected chi connectivity index (χ1v) is 25.3. The van der Waals surface area contributed by atoms with Crippen LogP contribution in [0.2, 0.25) is 0 Å². The summed E-state index contributed by atoms with van der Waals surface area (Å²) >= 11 is 0. The Labute approximate surface area is 384 Å². The van der Waals surface area contributed by atoms with Crippen molar-refractivity contribution in [1.29, 1.82) is 0 Å². The van der Waals surface area contributed by atoms with Crippen LogP contribution in [0.25, 0.3) is 0 Å². The number of rotatable bonds is 20. The molecule has 2 saturated heterocycles. The molecule has 2 aliphatic rings. The molecular weight excluding hydrogens is 1020 g/mol. The Bertz CT molecular complexity index is 3000. The highest BCUT2D eigenvalue weighted by molar-refractivity contribution is 7.69. The van der Waals surface area contributed by atoms with Gasteiger partial charge in [-0.3, -0.25) is 37.7 Å². The molecule has 2 aromatic heterocycles. The molecule has 69 heavy (non-hydrogen) atoms. The van der Waals surface area contributed by atoms with Crippen molar-refractivity contribution in [3.63, 3.8) is 0 Å². The fourth-order valence-electron chi connectivity index (χ4n) is 6.63. The number of aliphatic hydroxyl groups excluding tert-OH is 2. The molecule has 0 saturated carbocycles. The van der Waals surface area contributed by atoms with E-state index in [1.54, 1.807) is 12.1 Å². The molecule has 0 aliphatic carbocycles. The van der Waals surface area contributed by atoms with E-state index < -0.39 is 128 Å². The number of carbonyl (C=O) groups is 2. The summed E-state index contributed by atoms with van der Waals surface area (Å²) in [7, 11) is -21.9. The molecule has 2 fully saturated rings. The summed E-state index contributed by atoms with van der Waals surface area (Å²) < 4.78 is 95.6. The summed E-state index contributed by atoms with van der Waals surface area (Å²) in [6.45, 7) is -2.60. The number of hydrogen-bond acceptors (Lipinski definition) is 23. The average Bonchev–Trinajstić information content (AvgIpc) is 3.74. The van der Waals surface area contributed by atoms with Gasteiger partial charge >= 0.3 is 54.6 Å². The molecule has 0 spiro atoms. The summed E-state index contributed by atoms with van der Waals surface area (Å²) in [5.74, 6) is -2.18. The summed E-state index contributed by atoms with van der Waals surface area (Å²) in [6.07, 6.45) is -13.2. The van der Waals surface area contributed by atoms with Crippen LogP contribution in [0.1, 0.15) is 33.2 Å². The maximum atomic E-state index is 13.2. The lowest BCUT2D eigenvalue weighted by atomic mass is 10.1. The van der Waals surface area contributed by atoms with Crippen molar-refractivity contribution < 1.29 is 98.6 Å². The van der Waals surface area contributed by atoms with Crippen molar-refractivity contribution >= 4 is 54.6 Å². The second-order valence-corrected chi connectivity index (χ2v) is 20.4. The Morgan fingerprint density at radius 2 is 1.00 bits per heavy atom. The Morgan fingerprint density at radius 1 is 0.594 bits per heavy atom. The number of hydrogen-bond donors (Lipinski definition) is 10. The highest BCUT2D eigenvalue weighted by Crippen LogP contribution is 2.71. The zero-order chi connectivity index (χ0) is 50.6. The van der Waals surface area contributed by atoms with E-state index in [0.717, 1.165) is 24.5 Å². The fourth-order valence-corrected chi connectivity index (χ4v) is 11.6. The lowest BCUT2D eigenvalue weighted by molar-refractivity contribution is -0.0596. The molecule has 376 valence electrons. The van der Waals surface area contributed by atoms with Gasteiger partial charge in [0.25, 0.3) is 11.1 Å². The number of nitrogens with zero attached hydrogens (tertiary/aromatic N) is 2. The molecule has 4 aromatic rings. The van der Waals surface area contributed by atoms with Gasteiger partial charge in [-0.05, 0) is 24.3 Å². The number of nitrogens with one attached hydrogen (secondary N) is 4. The van der Waals surface area contributed by atoms with Crippen LogP contribution in [0.5, 0.6) is 0 Å². The zero-order valence-corrected chi connectivity index (χ0v) is 38.7. The van der Waals surface area contributed by atoms with Crippen molar-refractivity contribution in [2.75, 3.05) is 37.9 Å². The van der Waals surface area contributed by atoms with E-state index in [1.165, 1.54) is 50.5 Å². The van der Waals surface area contributed by atoms with Gasteiger partial charge in [-0.1, -0.05) is 24.3 Å². The number of aromatic nitrogens is 4. The van der Waals surface area contributed by atoms with Crippen molar-refractivity contribution in [3.8, 4) is 0 Å². The van der Waals surface area contributed by atoms with Crippen LogP contribution in [-0.2, 0) is 59.2 Å². The third-order valence-corrected chi connectivity index (χ3v) is 15.5. The van der Waals surface area contributed by atoms with E-state index in [2.05, 4.69) is 32.6 Å². The summed E-state index contributed by atoms with van der Waals surface area (Å²) in [5.41, 5.74) is -3.58. The van der Waals surface area contributed by atoms with Crippen molar-refractivity contribution in [3.05, 3.63) is 126 Å². The molecule has 0 amide bonds. The van der Waals surface area contributed by atoms with Crippen molar-refractivity contribution in [2.24, 2.45) is 0 Å². The van der Waals surface area contributed by atoms with Crippen LogP contribution in [0.3, 0.4) is 0 Å². The van der Waals surface area contributed by atoms with Crippen LogP contribution in [-0.4, -0.2) is 125 Å². The number of H-pyrrole nitrogens is 2. The van der Waals surface area contributed by atoms with Crippen LogP contribution >= 0.6 is 31.3 Å². The number of para-hydroxylation sites is 2. The predicted octanol–water partition coefficient (Wildman–Crippen LogP) is -0.377. The Hall–Kier alpha value is -5.26. The third kappa shape index (κ3) is 13.1. The van der Waals surface area contributed by atoms with E-state index in [0.29, 0.717) is 9.13 Å². The highest BCUT2D eigenvalue weighted by Gasteiger charge is 2.52.